The van der Waals surface area contributed by atoms with Crippen LogP contribution < -0.4 is 4.72 Å². The second kappa shape index (κ2) is 5.81. The van der Waals surface area contributed by atoms with Gasteiger partial charge in [0.15, 0.2) is 0 Å². The molecule has 1 aromatic rings. The summed E-state index contributed by atoms with van der Waals surface area (Å²) in [6.07, 6.45) is 1.61. The van der Waals surface area contributed by atoms with Gasteiger partial charge in [-0.05, 0) is 53.4 Å². The van der Waals surface area contributed by atoms with Crippen LogP contribution >= 0.6 is 31.9 Å². The monoisotopic (exact) mass is 411 g/mol. The first-order chi connectivity index (χ1) is 8.83. The van der Waals surface area contributed by atoms with E-state index < -0.39 is 10.0 Å². The molecular weight excluding hydrogens is 398 g/mol. The molecule has 0 atom stereocenters. The Balaban J connectivity index is 2.18. The van der Waals surface area contributed by atoms with Crippen molar-refractivity contribution in [3.8, 4) is 0 Å². The van der Waals surface area contributed by atoms with E-state index in [0.717, 1.165) is 22.9 Å². The summed E-state index contributed by atoms with van der Waals surface area (Å²) in [5.74, 6) is 0. The highest BCUT2D eigenvalue weighted by atomic mass is 79.9. The van der Waals surface area contributed by atoms with Crippen LogP contribution in [-0.4, -0.2) is 27.7 Å². The maximum Gasteiger partial charge on any atom is 0.241 e. The van der Waals surface area contributed by atoms with Crippen LogP contribution in [0.2, 0.25) is 0 Å². The van der Waals surface area contributed by atoms with Crippen LogP contribution in [-0.2, 0) is 14.8 Å². The first kappa shape index (κ1) is 15.4. The van der Waals surface area contributed by atoms with Gasteiger partial charge in [-0.15, -0.1) is 0 Å². The van der Waals surface area contributed by atoms with E-state index in [1.165, 1.54) is 0 Å². The molecule has 1 fully saturated rings. The molecule has 1 saturated carbocycles. The van der Waals surface area contributed by atoms with Crippen molar-refractivity contribution in [1.82, 2.24) is 4.72 Å². The molecule has 0 radical (unpaired) electrons. The average molecular weight is 413 g/mol. The van der Waals surface area contributed by atoms with Crippen LogP contribution in [0.25, 0.3) is 0 Å². The van der Waals surface area contributed by atoms with E-state index in [2.05, 4.69) is 36.6 Å². The zero-order chi connectivity index (χ0) is 14.2. The molecule has 1 aliphatic rings. The number of aryl methyl sites for hydroxylation is 1. The molecule has 0 aromatic heterocycles. The maximum atomic E-state index is 12.3. The second-order valence-corrected chi connectivity index (χ2v) is 8.07. The highest BCUT2D eigenvalue weighted by Gasteiger charge is 2.33. The summed E-state index contributed by atoms with van der Waals surface area (Å²) >= 11 is 6.67. The quantitative estimate of drug-likeness (QED) is 0.826. The fraction of sp³-hybridized carbons (Fsp3) is 0.500. The molecule has 0 spiro atoms. The van der Waals surface area contributed by atoms with Gasteiger partial charge in [0.05, 0.1) is 11.0 Å². The summed E-state index contributed by atoms with van der Waals surface area (Å²) in [5, 5.41) is 0. The number of hydrogen-bond acceptors (Lipinski definition) is 3. The molecule has 19 heavy (non-hydrogen) atoms. The maximum absolute atomic E-state index is 12.3. The van der Waals surface area contributed by atoms with Crippen molar-refractivity contribution in [2.24, 2.45) is 0 Å². The predicted octanol–water partition coefficient (Wildman–Crippen LogP) is 2.98. The standard InChI is InChI=1S/C12H15Br2NO3S/c1-7-3-11(14)12(6-10(7)13)19(16,17)15-8-4-9(5-8)18-2/h3,6,8-9,15H,4-5H2,1-2H3. The summed E-state index contributed by atoms with van der Waals surface area (Å²) in [6.45, 7) is 1.91. The molecule has 1 aromatic carbocycles. The van der Waals surface area contributed by atoms with Gasteiger partial charge in [-0.2, -0.15) is 0 Å². The molecule has 4 nitrogen and oxygen atoms in total. The third-order valence-corrected chi connectivity index (χ3v) is 6.59. The van der Waals surface area contributed by atoms with Crippen molar-refractivity contribution < 1.29 is 13.2 Å². The van der Waals surface area contributed by atoms with Crippen LogP contribution in [0.3, 0.4) is 0 Å². The van der Waals surface area contributed by atoms with Crippen molar-refractivity contribution in [1.29, 1.82) is 0 Å². The first-order valence-electron chi connectivity index (χ1n) is 5.84. The Hall–Kier alpha value is 0.0500. The molecular formula is C12H15Br2NO3S. The zero-order valence-electron chi connectivity index (χ0n) is 10.6. The number of benzene rings is 1. The Labute approximate surface area is 130 Å². The summed E-state index contributed by atoms with van der Waals surface area (Å²) in [6, 6.07) is 3.37. The van der Waals surface area contributed by atoms with E-state index >= 15 is 0 Å². The van der Waals surface area contributed by atoms with E-state index in [4.69, 9.17) is 4.74 Å². The van der Waals surface area contributed by atoms with Crippen LogP contribution in [0, 0.1) is 6.92 Å². The van der Waals surface area contributed by atoms with Crippen molar-refractivity contribution in [2.75, 3.05) is 7.11 Å². The third kappa shape index (κ3) is 3.39. The lowest BCUT2D eigenvalue weighted by Gasteiger charge is -2.34. The number of nitrogens with one attached hydrogen (secondary N) is 1. The molecule has 0 amide bonds. The van der Waals surface area contributed by atoms with Gasteiger partial charge in [-0.1, -0.05) is 15.9 Å². The highest BCUT2D eigenvalue weighted by Crippen LogP contribution is 2.30. The molecule has 1 N–H and O–H groups in total. The highest BCUT2D eigenvalue weighted by molar-refractivity contribution is 9.11. The summed E-state index contributed by atoms with van der Waals surface area (Å²) in [5.41, 5.74) is 0.980. The average Bonchev–Trinajstić information content (AvgIpc) is 2.27. The van der Waals surface area contributed by atoms with Crippen LogP contribution in [0.4, 0.5) is 0 Å². The van der Waals surface area contributed by atoms with Crippen molar-refractivity contribution in [3.63, 3.8) is 0 Å². The number of ether oxygens (including phenoxy) is 1. The van der Waals surface area contributed by atoms with Gasteiger partial charge < -0.3 is 4.74 Å². The Kier molecular flexibility index (Phi) is 4.72. The smallest absolute Gasteiger partial charge is 0.241 e. The van der Waals surface area contributed by atoms with E-state index in [1.807, 2.05) is 6.92 Å². The number of rotatable bonds is 4. The van der Waals surface area contributed by atoms with Crippen molar-refractivity contribution in [3.05, 3.63) is 26.6 Å². The minimum atomic E-state index is -3.50. The normalized spacial score (nSPS) is 23.2. The van der Waals surface area contributed by atoms with Crippen molar-refractivity contribution in [2.45, 2.75) is 36.8 Å². The van der Waals surface area contributed by atoms with E-state index in [-0.39, 0.29) is 17.0 Å². The fourth-order valence-electron chi connectivity index (χ4n) is 1.97. The van der Waals surface area contributed by atoms with E-state index in [0.29, 0.717) is 4.47 Å². The van der Waals surface area contributed by atoms with Gasteiger partial charge in [-0.25, -0.2) is 13.1 Å². The fourth-order valence-corrected chi connectivity index (χ4v) is 4.91. The van der Waals surface area contributed by atoms with Gasteiger partial charge in [0.25, 0.3) is 0 Å². The van der Waals surface area contributed by atoms with Gasteiger partial charge >= 0.3 is 0 Å². The Morgan fingerprint density at radius 2 is 1.89 bits per heavy atom. The number of hydrogen-bond donors (Lipinski definition) is 1. The molecule has 7 heteroatoms. The summed E-state index contributed by atoms with van der Waals surface area (Å²) < 4.78 is 33.8. The van der Waals surface area contributed by atoms with E-state index in [9.17, 15) is 8.42 Å². The number of methoxy groups -OCH3 is 1. The molecule has 2 rings (SSSR count). The minimum Gasteiger partial charge on any atom is -0.381 e. The number of sulfonamides is 1. The van der Waals surface area contributed by atoms with Gasteiger partial charge in [0, 0.05) is 22.1 Å². The minimum absolute atomic E-state index is 0.0399. The number of halogens is 2. The Morgan fingerprint density at radius 3 is 2.47 bits per heavy atom. The lowest BCUT2D eigenvalue weighted by Crippen LogP contribution is -2.47. The van der Waals surface area contributed by atoms with Crippen molar-refractivity contribution >= 4 is 41.9 Å². The Morgan fingerprint density at radius 1 is 1.26 bits per heavy atom. The van der Waals surface area contributed by atoms with Crippen LogP contribution in [0.1, 0.15) is 18.4 Å². The summed E-state index contributed by atoms with van der Waals surface area (Å²) in [7, 11) is -1.86. The molecule has 0 aliphatic heterocycles. The van der Waals surface area contributed by atoms with Gasteiger partial charge in [0.1, 0.15) is 0 Å². The summed E-state index contributed by atoms with van der Waals surface area (Å²) in [4.78, 5) is 0.255. The lowest BCUT2D eigenvalue weighted by atomic mass is 9.90. The van der Waals surface area contributed by atoms with Gasteiger partial charge in [-0.3, -0.25) is 0 Å². The van der Waals surface area contributed by atoms with Crippen LogP contribution in [0.5, 0.6) is 0 Å². The zero-order valence-corrected chi connectivity index (χ0v) is 14.6. The Bertz CT molecular complexity index is 583. The van der Waals surface area contributed by atoms with E-state index in [1.54, 1.807) is 19.2 Å². The molecule has 106 valence electrons. The van der Waals surface area contributed by atoms with Gasteiger partial charge in [0.2, 0.25) is 10.0 Å². The molecule has 0 bridgehead atoms. The molecule has 0 heterocycles. The third-order valence-electron chi connectivity index (χ3n) is 3.25. The topological polar surface area (TPSA) is 55.4 Å². The van der Waals surface area contributed by atoms with Crippen LogP contribution in [0.15, 0.2) is 26.0 Å². The molecule has 1 aliphatic carbocycles. The first-order valence-corrected chi connectivity index (χ1v) is 8.91. The lowest BCUT2D eigenvalue weighted by molar-refractivity contribution is 0.0236. The molecule has 0 saturated heterocycles. The predicted molar refractivity (Wildman–Crippen MR) is 80.7 cm³/mol. The molecule has 0 unspecified atom stereocenters. The second-order valence-electron chi connectivity index (χ2n) is 4.68. The SMILES string of the molecule is COC1CC(NS(=O)(=O)c2cc(Br)c(C)cc2Br)C1. The largest absolute Gasteiger partial charge is 0.381 e.